The smallest absolute Gasteiger partial charge is 0.212 e. The van der Waals surface area contributed by atoms with Gasteiger partial charge >= 0.3 is 0 Å². The molecule has 0 aliphatic heterocycles. The van der Waals surface area contributed by atoms with Gasteiger partial charge in [0.2, 0.25) is 5.95 Å². The molecule has 0 unspecified atom stereocenters. The molecule has 3 nitrogen and oxygen atoms in total. The van der Waals surface area contributed by atoms with Gasteiger partial charge in [0, 0.05) is 16.6 Å². The van der Waals surface area contributed by atoms with Crippen molar-refractivity contribution in [3.63, 3.8) is 0 Å². The summed E-state index contributed by atoms with van der Waals surface area (Å²) in [5.41, 5.74) is 1.75. The van der Waals surface area contributed by atoms with Crippen molar-refractivity contribution in [2.24, 2.45) is 0 Å². The topological polar surface area (TPSA) is 34.1 Å². The number of hydrogen-bond donors (Lipinski definition) is 1. The maximum Gasteiger partial charge on any atom is 0.212 e. The van der Waals surface area contributed by atoms with E-state index < -0.39 is 5.95 Å². The van der Waals surface area contributed by atoms with Gasteiger partial charge in [-0.1, -0.05) is 15.9 Å². The van der Waals surface area contributed by atoms with Gasteiger partial charge < -0.3 is 10.1 Å². The van der Waals surface area contributed by atoms with Gasteiger partial charge in [-0.05, 0) is 47.1 Å². The van der Waals surface area contributed by atoms with Crippen LogP contribution in [-0.4, -0.2) is 11.6 Å². The van der Waals surface area contributed by atoms with Crippen molar-refractivity contribution in [2.45, 2.75) is 13.5 Å². The van der Waals surface area contributed by atoms with E-state index in [0.29, 0.717) is 13.2 Å². The van der Waals surface area contributed by atoms with Gasteiger partial charge in [-0.15, -0.1) is 0 Å². The number of pyridine rings is 1. The number of benzene rings is 1. The second kappa shape index (κ2) is 7.04. The Morgan fingerprint density at radius 2 is 2.10 bits per heavy atom. The van der Waals surface area contributed by atoms with Gasteiger partial charge in [0.25, 0.3) is 0 Å². The summed E-state index contributed by atoms with van der Waals surface area (Å²) in [5, 5.41) is 3.19. The number of halogens is 3. The second-order valence-electron chi connectivity index (χ2n) is 4.03. The van der Waals surface area contributed by atoms with E-state index in [-0.39, 0.29) is 0 Å². The van der Waals surface area contributed by atoms with Crippen molar-refractivity contribution in [1.29, 1.82) is 0 Å². The Morgan fingerprint density at radius 1 is 1.30 bits per heavy atom. The SMILES string of the molecule is CCOc1c(Br)cc(Br)cc1CNc1ccc(F)nc1. The highest BCUT2D eigenvalue weighted by atomic mass is 79.9. The predicted octanol–water partition coefficient (Wildman–Crippen LogP) is 4.76. The third-order valence-corrected chi connectivity index (χ3v) is 3.63. The lowest BCUT2D eigenvalue weighted by Crippen LogP contribution is -2.04. The van der Waals surface area contributed by atoms with Gasteiger partial charge in [-0.2, -0.15) is 4.39 Å². The van der Waals surface area contributed by atoms with Crippen LogP contribution in [0.2, 0.25) is 0 Å². The fraction of sp³-hybridized carbons (Fsp3) is 0.214. The van der Waals surface area contributed by atoms with Crippen LogP contribution in [0, 0.1) is 5.95 Å². The van der Waals surface area contributed by atoms with Gasteiger partial charge in [-0.3, -0.25) is 0 Å². The van der Waals surface area contributed by atoms with E-state index in [0.717, 1.165) is 25.9 Å². The summed E-state index contributed by atoms with van der Waals surface area (Å²) in [6.45, 7) is 3.08. The van der Waals surface area contributed by atoms with Crippen LogP contribution in [0.5, 0.6) is 5.75 Å². The molecule has 1 N–H and O–H groups in total. The fourth-order valence-corrected chi connectivity index (χ4v) is 3.16. The molecule has 0 amide bonds. The van der Waals surface area contributed by atoms with E-state index in [9.17, 15) is 4.39 Å². The molecule has 0 aliphatic carbocycles. The van der Waals surface area contributed by atoms with Crippen LogP contribution in [-0.2, 0) is 6.54 Å². The molecule has 2 aromatic rings. The maximum absolute atomic E-state index is 12.7. The average Bonchev–Trinajstić information content (AvgIpc) is 2.41. The first-order valence-electron chi connectivity index (χ1n) is 6.06. The van der Waals surface area contributed by atoms with Crippen LogP contribution in [0.4, 0.5) is 10.1 Å². The summed E-state index contributed by atoms with van der Waals surface area (Å²) in [6.07, 6.45) is 1.46. The highest BCUT2D eigenvalue weighted by molar-refractivity contribution is 9.11. The van der Waals surface area contributed by atoms with E-state index in [1.54, 1.807) is 6.07 Å². The zero-order valence-corrected chi connectivity index (χ0v) is 14.0. The van der Waals surface area contributed by atoms with Crippen molar-refractivity contribution < 1.29 is 9.13 Å². The molecule has 20 heavy (non-hydrogen) atoms. The third-order valence-electron chi connectivity index (χ3n) is 2.58. The van der Waals surface area contributed by atoms with Crippen molar-refractivity contribution in [2.75, 3.05) is 11.9 Å². The van der Waals surface area contributed by atoms with Crippen molar-refractivity contribution >= 4 is 37.5 Å². The summed E-state index contributed by atoms with van der Waals surface area (Å²) >= 11 is 6.95. The van der Waals surface area contributed by atoms with E-state index in [4.69, 9.17) is 4.74 Å². The normalized spacial score (nSPS) is 10.4. The first-order valence-corrected chi connectivity index (χ1v) is 7.65. The molecule has 0 saturated carbocycles. The number of hydrogen-bond acceptors (Lipinski definition) is 3. The van der Waals surface area contributed by atoms with Crippen molar-refractivity contribution in [3.8, 4) is 5.75 Å². The molecular weight excluding hydrogens is 391 g/mol. The monoisotopic (exact) mass is 402 g/mol. The first-order chi connectivity index (χ1) is 9.60. The molecule has 106 valence electrons. The minimum Gasteiger partial charge on any atom is -0.492 e. The standard InChI is InChI=1S/C14H13Br2FN2O/c1-2-20-14-9(5-10(15)6-12(14)16)7-18-11-3-4-13(17)19-8-11/h3-6,8,18H,2,7H2,1H3. The lowest BCUT2D eigenvalue weighted by Gasteiger charge is -2.14. The molecule has 1 aromatic carbocycles. The molecule has 0 bridgehead atoms. The van der Waals surface area contributed by atoms with Gasteiger partial charge in [0.1, 0.15) is 5.75 Å². The van der Waals surface area contributed by atoms with Crippen LogP contribution in [0.25, 0.3) is 0 Å². The number of aromatic nitrogens is 1. The minimum absolute atomic E-state index is 0.490. The Labute approximate surface area is 133 Å². The van der Waals surface area contributed by atoms with Gasteiger partial charge in [0.15, 0.2) is 0 Å². The summed E-state index contributed by atoms with van der Waals surface area (Å²) in [7, 11) is 0. The minimum atomic E-state index is -0.490. The molecule has 0 atom stereocenters. The molecule has 6 heteroatoms. The van der Waals surface area contributed by atoms with Crippen LogP contribution >= 0.6 is 31.9 Å². The molecule has 0 spiro atoms. The number of nitrogens with zero attached hydrogens (tertiary/aromatic N) is 1. The van der Waals surface area contributed by atoms with Crippen molar-refractivity contribution in [1.82, 2.24) is 4.98 Å². The van der Waals surface area contributed by atoms with Gasteiger partial charge in [-0.25, -0.2) is 4.98 Å². The number of ether oxygens (including phenoxy) is 1. The van der Waals surface area contributed by atoms with E-state index >= 15 is 0 Å². The van der Waals surface area contributed by atoms with Crippen molar-refractivity contribution in [3.05, 3.63) is 50.9 Å². The lowest BCUT2D eigenvalue weighted by molar-refractivity contribution is 0.334. The van der Waals surface area contributed by atoms with Crippen LogP contribution in [0.15, 0.2) is 39.4 Å². The molecule has 2 rings (SSSR count). The summed E-state index contributed by atoms with van der Waals surface area (Å²) in [5.74, 6) is 0.314. The Bertz CT molecular complexity index is 590. The van der Waals surface area contributed by atoms with Crippen LogP contribution < -0.4 is 10.1 Å². The summed E-state index contributed by atoms with van der Waals surface area (Å²) in [6, 6.07) is 6.89. The summed E-state index contributed by atoms with van der Waals surface area (Å²) < 4.78 is 20.2. The maximum atomic E-state index is 12.7. The zero-order chi connectivity index (χ0) is 14.5. The Hall–Kier alpha value is -1.14. The fourth-order valence-electron chi connectivity index (χ4n) is 1.73. The largest absolute Gasteiger partial charge is 0.492 e. The molecule has 0 radical (unpaired) electrons. The number of anilines is 1. The molecular formula is C14H13Br2FN2O. The van der Waals surface area contributed by atoms with E-state index in [2.05, 4.69) is 42.2 Å². The highest BCUT2D eigenvalue weighted by Crippen LogP contribution is 2.33. The molecule has 1 aromatic heterocycles. The molecule has 1 heterocycles. The zero-order valence-electron chi connectivity index (χ0n) is 10.8. The third kappa shape index (κ3) is 3.93. The molecule has 0 saturated heterocycles. The highest BCUT2D eigenvalue weighted by Gasteiger charge is 2.10. The van der Waals surface area contributed by atoms with E-state index in [1.165, 1.54) is 12.3 Å². The lowest BCUT2D eigenvalue weighted by atomic mass is 10.2. The Kier molecular flexibility index (Phi) is 5.37. The van der Waals surface area contributed by atoms with Gasteiger partial charge in [0.05, 0.1) is 23.0 Å². The molecule has 0 aliphatic rings. The number of rotatable bonds is 5. The van der Waals surface area contributed by atoms with E-state index in [1.807, 2.05) is 19.1 Å². The Morgan fingerprint density at radius 3 is 2.75 bits per heavy atom. The summed E-state index contributed by atoms with van der Waals surface area (Å²) in [4.78, 5) is 3.61. The van der Waals surface area contributed by atoms with Crippen LogP contribution in [0.3, 0.4) is 0 Å². The Balaban J connectivity index is 2.17. The average molecular weight is 404 g/mol. The number of nitrogens with one attached hydrogen (secondary N) is 1. The first kappa shape index (κ1) is 15.3. The molecule has 0 fully saturated rings. The quantitative estimate of drug-likeness (QED) is 0.731. The van der Waals surface area contributed by atoms with Crippen LogP contribution in [0.1, 0.15) is 12.5 Å². The second-order valence-corrected chi connectivity index (χ2v) is 5.80. The predicted molar refractivity (Wildman–Crippen MR) is 84.5 cm³/mol.